The summed E-state index contributed by atoms with van der Waals surface area (Å²) in [6.07, 6.45) is 0. The van der Waals surface area contributed by atoms with Crippen molar-refractivity contribution in [1.82, 2.24) is 8.61 Å². The Kier molecular flexibility index (Phi) is 3.69. The predicted octanol–water partition coefficient (Wildman–Crippen LogP) is 1.83. The van der Waals surface area contributed by atoms with E-state index < -0.39 is 16.1 Å². The van der Waals surface area contributed by atoms with E-state index in [-0.39, 0.29) is 11.0 Å². The first-order chi connectivity index (χ1) is 8.85. The van der Waals surface area contributed by atoms with Gasteiger partial charge in [0.15, 0.2) is 0 Å². The Morgan fingerprint density at radius 1 is 1.21 bits per heavy atom. The van der Waals surface area contributed by atoms with Crippen LogP contribution in [0.3, 0.4) is 0 Å². The summed E-state index contributed by atoms with van der Waals surface area (Å²) < 4.78 is 26.7. The largest absolute Gasteiger partial charge is 0.328 e. The molecule has 0 saturated carbocycles. The van der Waals surface area contributed by atoms with E-state index in [0.717, 1.165) is 14.2 Å². The fraction of sp³-hybridized carbons (Fsp3) is 0.250. The molecule has 0 spiro atoms. The first-order valence-corrected chi connectivity index (χ1v) is 7.76. The van der Waals surface area contributed by atoms with E-state index in [1.54, 1.807) is 31.2 Å². The molecule has 0 saturated heterocycles. The van der Waals surface area contributed by atoms with Gasteiger partial charge in [0.25, 0.3) is 5.91 Å². The van der Waals surface area contributed by atoms with E-state index in [9.17, 15) is 13.2 Å². The summed E-state index contributed by atoms with van der Waals surface area (Å²) >= 11 is 3.15. The summed E-state index contributed by atoms with van der Waals surface area (Å²) in [4.78, 5) is 12.1. The van der Waals surface area contributed by atoms with E-state index in [0.29, 0.717) is 5.70 Å². The van der Waals surface area contributed by atoms with Crippen molar-refractivity contribution in [2.45, 2.75) is 13.5 Å². The van der Waals surface area contributed by atoms with Gasteiger partial charge in [0.2, 0.25) is 0 Å². The lowest BCUT2D eigenvalue weighted by Crippen LogP contribution is -2.48. The number of benzene rings is 1. The van der Waals surface area contributed by atoms with Crippen LogP contribution in [0.2, 0.25) is 0 Å². The van der Waals surface area contributed by atoms with Crippen molar-refractivity contribution in [3.63, 3.8) is 0 Å². The highest BCUT2D eigenvalue weighted by Gasteiger charge is 2.39. The number of rotatable bonds is 2. The zero-order valence-electron chi connectivity index (χ0n) is 10.5. The summed E-state index contributed by atoms with van der Waals surface area (Å²) in [7, 11) is -2.38. The second-order valence-electron chi connectivity index (χ2n) is 4.17. The zero-order chi connectivity index (χ0) is 14.2. The highest BCUT2D eigenvalue weighted by Crippen LogP contribution is 2.29. The molecule has 0 aromatic heterocycles. The molecule has 102 valence electrons. The van der Waals surface area contributed by atoms with Gasteiger partial charge in [0.1, 0.15) is 4.48 Å². The lowest BCUT2D eigenvalue weighted by atomic mass is 10.2. The quantitative estimate of drug-likeness (QED) is 0.822. The molecule has 1 heterocycles. The van der Waals surface area contributed by atoms with E-state index in [4.69, 9.17) is 0 Å². The van der Waals surface area contributed by atoms with Crippen molar-refractivity contribution in [2.75, 3.05) is 7.05 Å². The number of carbonyl (C=O) groups is 1. The molecule has 1 aromatic rings. The van der Waals surface area contributed by atoms with E-state index in [2.05, 4.69) is 15.9 Å². The van der Waals surface area contributed by atoms with Crippen molar-refractivity contribution < 1.29 is 13.2 Å². The van der Waals surface area contributed by atoms with Crippen LogP contribution >= 0.6 is 15.9 Å². The van der Waals surface area contributed by atoms with Gasteiger partial charge in [-0.25, -0.2) is 4.31 Å². The van der Waals surface area contributed by atoms with E-state index >= 15 is 0 Å². The maximum absolute atomic E-state index is 12.3. The van der Waals surface area contributed by atoms with Crippen molar-refractivity contribution in [1.29, 1.82) is 0 Å². The van der Waals surface area contributed by atoms with E-state index in [1.807, 2.05) is 6.07 Å². The molecule has 5 nitrogen and oxygen atoms in total. The van der Waals surface area contributed by atoms with Crippen LogP contribution < -0.4 is 0 Å². The summed E-state index contributed by atoms with van der Waals surface area (Å²) in [5.74, 6) is -0.542. The molecular formula is C12H13BrN2O3S. The number of nitrogens with zero attached hydrogens (tertiary/aromatic N) is 2. The Morgan fingerprint density at radius 3 is 2.37 bits per heavy atom. The average molecular weight is 345 g/mol. The third-order valence-corrected chi connectivity index (χ3v) is 5.73. The standard InChI is InChI=1S/C12H13BrN2O3S/c1-9-11(13)12(16)15(19(17,18)14(9)2)8-10-6-4-3-5-7-10/h3-7H,8H2,1-2H3. The Hall–Kier alpha value is -1.34. The van der Waals surface area contributed by atoms with Crippen LogP contribution in [-0.4, -0.2) is 30.0 Å². The molecular weight excluding hydrogens is 332 g/mol. The van der Waals surface area contributed by atoms with Gasteiger partial charge in [-0.1, -0.05) is 30.3 Å². The molecule has 0 unspecified atom stereocenters. The minimum Gasteiger partial charge on any atom is -0.267 e. The molecule has 0 aliphatic carbocycles. The lowest BCUT2D eigenvalue weighted by Gasteiger charge is -2.34. The molecule has 19 heavy (non-hydrogen) atoms. The Balaban J connectivity index is 2.43. The Labute approximate surface area is 120 Å². The van der Waals surface area contributed by atoms with Gasteiger partial charge in [-0.3, -0.25) is 9.10 Å². The fourth-order valence-electron chi connectivity index (χ4n) is 1.73. The third-order valence-electron chi connectivity index (χ3n) is 3.00. The number of halogens is 1. The van der Waals surface area contributed by atoms with Crippen molar-refractivity contribution >= 4 is 32.0 Å². The summed E-state index contributed by atoms with van der Waals surface area (Å²) in [5.41, 5.74) is 1.14. The van der Waals surface area contributed by atoms with E-state index in [1.165, 1.54) is 7.05 Å². The molecule has 0 radical (unpaired) electrons. The maximum Gasteiger partial charge on any atom is 0.328 e. The Bertz CT molecular complexity index is 640. The van der Waals surface area contributed by atoms with Crippen molar-refractivity contribution in [3.05, 3.63) is 46.1 Å². The Morgan fingerprint density at radius 2 is 1.79 bits per heavy atom. The van der Waals surface area contributed by atoms with Gasteiger partial charge < -0.3 is 0 Å². The molecule has 1 amide bonds. The van der Waals surface area contributed by atoms with Crippen molar-refractivity contribution in [3.8, 4) is 0 Å². The second-order valence-corrected chi connectivity index (χ2v) is 6.85. The first kappa shape index (κ1) is 14.1. The number of hydrogen-bond acceptors (Lipinski definition) is 3. The minimum absolute atomic E-state index is 0.0225. The van der Waals surface area contributed by atoms with Gasteiger partial charge >= 0.3 is 10.2 Å². The average Bonchev–Trinajstić information content (AvgIpc) is 2.41. The number of carbonyl (C=O) groups excluding carboxylic acids is 1. The highest BCUT2D eigenvalue weighted by atomic mass is 79.9. The van der Waals surface area contributed by atoms with Crippen LogP contribution in [0, 0.1) is 0 Å². The summed E-state index contributed by atoms with van der Waals surface area (Å²) in [6.45, 7) is 1.61. The number of amides is 1. The second kappa shape index (κ2) is 4.97. The van der Waals surface area contributed by atoms with Crippen LogP contribution in [0.15, 0.2) is 40.5 Å². The number of hydrogen-bond donors (Lipinski definition) is 0. The normalized spacial score (nSPS) is 19.0. The molecule has 0 bridgehead atoms. The van der Waals surface area contributed by atoms with Gasteiger partial charge in [-0.05, 0) is 28.4 Å². The van der Waals surface area contributed by atoms with Gasteiger partial charge in [-0.2, -0.15) is 8.42 Å². The van der Waals surface area contributed by atoms with Crippen LogP contribution in [0.1, 0.15) is 12.5 Å². The molecule has 0 atom stereocenters. The van der Waals surface area contributed by atoms with Crippen LogP contribution in [0.4, 0.5) is 0 Å². The van der Waals surface area contributed by atoms with Gasteiger partial charge in [0, 0.05) is 12.7 Å². The van der Waals surface area contributed by atoms with Crippen molar-refractivity contribution in [2.24, 2.45) is 0 Å². The zero-order valence-corrected chi connectivity index (χ0v) is 12.9. The smallest absolute Gasteiger partial charge is 0.267 e. The van der Waals surface area contributed by atoms with Crippen LogP contribution in [-0.2, 0) is 21.5 Å². The SMILES string of the molecule is CC1=C(Br)C(=O)N(Cc2ccccc2)S(=O)(=O)N1C. The van der Waals surface area contributed by atoms with Gasteiger partial charge in [-0.15, -0.1) is 0 Å². The minimum atomic E-state index is -3.80. The number of allylic oxidation sites excluding steroid dienone is 1. The molecule has 1 aliphatic rings. The molecule has 0 fully saturated rings. The topological polar surface area (TPSA) is 57.7 Å². The predicted molar refractivity (Wildman–Crippen MR) is 75.3 cm³/mol. The third kappa shape index (κ3) is 2.40. The van der Waals surface area contributed by atoms with Crippen LogP contribution in [0.25, 0.3) is 0 Å². The lowest BCUT2D eigenvalue weighted by molar-refractivity contribution is -0.122. The molecule has 2 rings (SSSR count). The monoisotopic (exact) mass is 344 g/mol. The summed E-state index contributed by atoms with van der Waals surface area (Å²) in [6, 6.07) is 9.00. The highest BCUT2D eigenvalue weighted by molar-refractivity contribution is 9.12. The van der Waals surface area contributed by atoms with Crippen LogP contribution in [0.5, 0.6) is 0 Å². The molecule has 0 N–H and O–H groups in total. The molecule has 7 heteroatoms. The maximum atomic E-state index is 12.3. The first-order valence-electron chi connectivity index (χ1n) is 5.57. The fourth-order valence-corrected chi connectivity index (χ4v) is 3.79. The molecule has 1 aromatic carbocycles. The summed E-state index contributed by atoms with van der Waals surface area (Å²) in [5, 5.41) is 0. The molecule has 1 aliphatic heterocycles. The van der Waals surface area contributed by atoms with Gasteiger partial charge in [0.05, 0.1) is 6.54 Å².